The minimum Gasteiger partial charge on any atom is -0.211 e. The zero-order valence-electron chi connectivity index (χ0n) is 10.1. The summed E-state index contributed by atoms with van der Waals surface area (Å²) >= 11 is 5.75. The lowest BCUT2D eigenvalue weighted by Crippen LogP contribution is -2.41. The van der Waals surface area contributed by atoms with Crippen LogP contribution < -0.4 is 0 Å². The van der Waals surface area contributed by atoms with Gasteiger partial charge in [-0.3, -0.25) is 0 Å². The number of piperidine rings is 1. The molecule has 0 bridgehead atoms. The molecular weight excluding hydrogens is 288 g/mol. The van der Waals surface area contributed by atoms with Gasteiger partial charge in [0.15, 0.2) is 0 Å². The Kier molecular flexibility index (Phi) is 4.37. The van der Waals surface area contributed by atoms with Gasteiger partial charge in [0.25, 0.3) is 0 Å². The van der Waals surface area contributed by atoms with E-state index in [1.807, 2.05) is 0 Å². The first-order valence-electron chi connectivity index (χ1n) is 5.87. The first-order valence-corrected chi connectivity index (χ1v) is 7.68. The third kappa shape index (κ3) is 3.22. The molecule has 1 saturated heterocycles. The van der Waals surface area contributed by atoms with Crippen molar-refractivity contribution >= 4 is 27.7 Å². The molecular formula is C12H13ClN2O3S. The van der Waals surface area contributed by atoms with Gasteiger partial charge in [0.05, 0.1) is 10.9 Å². The van der Waals surface area contributed by atoms with Gasteiger partial charge in [-0.05, 0) is 37.1 Å². The maximum Gasteiger partial charge on any atom is 0.243 e. The topological polar surface area (TPSA) is 66.8 Å². The van der Waals surface area contributed by atoms with Gasteiger partial charge in [0, 0.05) is 18.1 Å². The molecule has 1 aliphatic rings. The molecule has 1 heterocycles. The van der Waals surface area contributed by atoms with Crippen LogP contribution >= 0.6 is 11.6 Å². The van der Waals surface area contributed by atoms with Crippen molar-refractivity contribution in [1.82, 2.24) is 4.31 Å². The molecule has 0 spiro atoms. The molecule has 19 heavy (non-hydrogen) atoms. The van der Waals surface area contributed by atoms with Gasteiger partial charge >= 0.3 is 0 Å². The molecule has 0 amide bonds. The number of nitrogens with zero attached hydrogens (tertiary/aromatic N) is 2. The van der Waals surface area contributed by atoms with Crippen LogP contribution in [0.2, 0.25) is 5.02 Å². The highest BCUT2D eigenvalue weighted by Gasteiger charge is 2.30. The molecule has 0 saturated carbocycles. The first-order chi connectivity index (χ1) is 9.04. The highest BCUT2D eigenvalue weighted by Crippen LogP contribution is 2.23. The Hall–Kier alpha value is -1.20. The van der Waals surface area contributed by atoms with Gasteiger partial charge in [-0.1, -0.05) is 11.6 Å². The van der Waals surface area contributed by atoms with Gasteiger partial charge in [0.2, 0.25) is 16.1 Å². The summed E-state index contributed by atoms with van der Waals surface area (Å²) in [5.41, 5.74) is 0. The molecule has 7 heteroatoms. The van der Waals surface area contributed by atoms with Crippen molar-refractivity contribution in [3.63, 3.8) is 0 Å². The van der Waals surface area contributed by atoms with E-state index in [4.69, 9.17) is 11.6 Å². The Morgan fingerprint density at radius 1 is 1.32 bits per heavy atom. The lowest BCUT2D eigenvalue weighted by atomic mass is 10.1. The van der Waals surface area contributed by atoms with Crippen LogP contribution in [0.4, 0.5) is 0 Å². The van der Waals surface area contributed by atoms with Crippen molar-refractivity contribution in [2.45, 2.75) is 23.8 Å². The second-order valence-electron chi connectivity index (χ2n) is 4.33. The van der Waals surface area contributed by atoms with E-state index >= 15 is 0 Å². The van der Waals surface area contributed by atoms with Crippen LogP contribution in [0.25, 0.3) is 0 Å². The normalized spacial score (nSPS) is 20.8. The van der Waals surface area contributed by atoms with Gasteiger partial charge in [-0.15, -0.1) is 0 Å². The number of aliphatic imine (C=N–C) groups is 1. The van der Waals surface area contributed by atoms with Crippen LogP contribution in [0.15, 0.2) is 34.2 Å². The van der Waals surface area contributed by atoms with Crippen molar-refractivity contribution in [1.29, 1.82) is 0 Å². The third-order valence-corrected chi connectivity index (χ3v) is 5.18. The fourth-order valence-corrected chi connectivity index (χ4v) is 3.72. The lowest BCUT2D eigenvalue weighted by molar-refractivity contribution is 0.316. The Morgan fingerprint density at radius 2 is 2.00 bits per heavy atom. The minimum absolute atomic E-state index is 0.202. The maximum atomic E-state index is 12.4. The fraction of sp³-hybridized carbons (Fsp3) is 0.417. The van der Waals surface area contributed by atoms with E-state index in [9.17, 15) is 13.2 Å². The largest absolute Gasteiger partial charge is 0.243 e. The Balaban J connectivity index is 2.24. The van der Waals surface area contributed by atoms with Crippen molar-refractivity contribution in [3.05, 3.63) is 29.3 Å². The summed E-state index contributed by atoms with van der Waals surface area (Å²) in [5.74, 6) is 0. The highest BCUT2D eigenvalue weighted by atomic mass is 35.5. The fourth-order valence-electron chi connectivity index (χ4n) is 2.07. The van der Waals surface area contributed by atoms with Crippen LogP contribution in [0.3, 0.4) is 0 Å². The maximum absolute atomic E-state index is 12.4. The molecule has 1 atom stereocenters. The standard InChI is InChI=1S/C12H13ClN2O3S/c13-10-3-5-12(6-4-10)19(17,18)15-7-1-2-11(8-15)14-9-16/h3-6,11H,1-2,7-8H2. The summed E-state index contributed by atoms with van der Waals surface area (Å²) < 4.78 is 26.1. The zero-order chi connectivity index (χ0) is 13.9. The van der Waals surface area contributed by atoms with E-state index < -0.39 is 10.0 Å². The molecule has 1 aliphatic heterocycles. The van der Waals surface area contributed by atoms with E-state index in [0.29, 0.717) is 24.4 Å². The number of isocyanates is 1. The second-order valence-corrected chi connectivity index (χ2v) is 6.71. The van der Waals surface area contributed by atoms with Gasteiger partial charge in [-0.25, -0.2) is 18.2 Å². The quantitative estimate of drug-likeness (QED) is 0.632. The summed E-state index contributed by atoms with van der Waals surface area (Å²) in [5, 5.41) is 0.487. The lowest BCUT2D eigenvalue weighted by Gasteiger charge is -2.29. The summed E-state index contributed by atoms with van der Waals surface area (Å²) in [6.45, 7) is 0.663. The summed E-state index contributed by atoms with van der Waals surface area (Å²) in [7, 11) is -3.55. The van der Waals surface area contributed by atoms with Gasteiger partial charge in [0.1, 0.15) is 0 Å². The molecule has 1 aromatic carbocycles. The minimum atomic E-state index is -3.55. The van der Waals surface area contributed by atoms with Crippen LogP contribution in [0.1, 0.15) is 12.8 Å². The van der Waals surface area contributed by atoms with E-state index in [2.05, 4.69) is 4.99 Å². The molecule has 5 nitrogen and oxygen atoms in total. The molecule has 0 N–H and O–H groups in total. The third-order valence-electron chi connectivity index (χ3n) is 3.05. The summed E-state index contributed by atoms with van der Waals surface area (Å²) in [6, 6.07) is 5.74. The predicted molar refractivity (Wildman–Crippen MR) is 71.4 cm³/mol. The van der Waals surface area contributed by atoms with Gasteiger partial charge in [-0.2, -0.15) is 4.31 Å². The van der Waals surface area contributed by atoms with Crippen molar-refractivity contribution in [2.75, 3.05) is 13.1 Å². The van der Waals surface area contributed by atoms with E-state index in [-0.39, 0.29) is 17.5 Å². The zero-order valence-corrected chi connectivity index (χ0v) is 11.7. The first kappa shape index (κ1) is 14.2. The molecule has 0 radical (unpaired) electrons. The number of hydrogen-bond acceptors (Lipinski definition) is 4. The van der Waals surface area contributed by atoms with Crippen LogP contribution in [0, 0.1) is 0 Å². The SMILES string of the molecule is O=C=NC1CCCN(S(=O)(=O)c2ccc(Cl)cc2)C1. The smallest absolute Gasteiger partial charge is 0.211 e. The molecule has 0 aliphatic carbocycles. The summed E-state index contributed by atoms with van der Waals surface area (Å²) in [4.78, 5) is 14.1. The molecule has 0 aromatic heterocycles. The van der Waals surface area contributed by atoms with Crippen molar-refractivity contribution in [3.8, 4) is 0 Å². The number of carbonyl (C=O) groups excluding carboxylic acids is 1. The van der Waals surface area contributed by atoms with Crippen molar-refractivity contribution in [2.24, 2.45) is 4.99 Å². The Morgan fingerprint density at radius 3 is 2.63 bits per heavy atom. The Labute approximate surface area is 116 Å². The molecule has 1 aromatic rings. The molecule has 2 rings (SSSR count). The van der Waals surface area contributed by atoms with Crippen LogP contribution in [-0.4, -0.2) is 37.9 Å². The van der Waals surface area contributed by atoms with Gasteiger partial charge < -0.3 is 0 Å². The second kappa shape index (κ2) is 5.84. The highest BCUT2D eigenvalue weighted by molar-refractivity contribution is 7.89. The van der Waals surface area contributed by atoms with E-state index in [1.54, 1.807) is 12.1 Å². The average molecular weight is 301 g/mol. The average Bonchev–Trinajstić information content (AvgIpc) is 2.40. The number of hydrogen-bond donors (Lipinski definition) is 0. The van der Waals surface area contributed by atoms with Crippen LogP contribution in [-0.2, 0) is 14.8 Å². The monoisotopic (exact) mass is 300 g/mol. The predicted octanol–water partition coefficient (Wildman–Crippen LogP) is 1.83. The number of sulfonamides is 1. The molecule has 1 fully saturated rings. The Bertz CT molecular complexity index is 594. The summed E-state index contributed by atoms with van der Waals surface area (Å²) in [6.07, 6.45) is 2.89. The van der Waals surface area contributed by atoms with E-state index in [1.165, 1.54) is 22.5 Å². The number of benzene rings is 1. The molecule has 1 unspecified atom stereocenters. The van der Waals surface area contributed by atoms with Crippen molar-refractivity contribution < 1.29 is 13.2 Å². The molecule has 102 valence electrons. The number of halogens is 1. The number of rotatable bonds is 3. The van der Waals surface area contributed by atoms with Crippen LogP contribution in [0.5, 0.6) is 0 Å². The van der Waals surface area contributed by atoms with E-state index in [0.717, 1.165) is 0 Å².